The van der Waals surface area contributed by atoms with E-state index in [9.17, 15) is 9.50 Å². The average Bonchev–Trinajstić information content (AvgIpc) is 2.40. The van der Waals surface area contributed by atoms with Gasteiger partial charge in [-0.05, 0) is 38.1 Å². The number of aliphatic hydroxyl groups is 1. The van der Waals surface area contributed by atoms with Gasteiger partial charge < -0.3 is 10.0 Å². The van der Waals surface area contributed by atoms with E-state index in [0.29, 0.717) is 12.4 Å². The van der Waals surface area contributed by atoms with Gasteiger partial charge in [0.1, 0.15) is 11.6 Å². The summed E-state index contributed by atoms with van der Waals surface area (Å²) in [6, 6.07) is 9.97. The zero-order chi connectivity index (χ0) is 13.8. The first kappa shape index (κ1) is 13.5. The predicted molar refractivity (Wildman–Crippen MR) is 74.0 cm³/mol. The number of aromatic nitrogens is 1. The van der Waals surface area contributed by atoms with Gasteiger partial charge in [0, 0.05) is 24.0 Å². The van der Waals surface area contributed by atoms with Gasteiger partial charge in [-0.1, -0.05) is 12.1 Å². The number of aliphatic hydroxyl groups excluding tert-OH is 1. The van der Waals surface area contributed by atoms with Gasteiger partial charge in [0.25, 0.3) is 0 Å². The molecule has 1 N–H and O–H groups in total. The van der Waals surface area contributed by atoms with Crippen LogP contribution in [0, 0.1) is 5.82 Å². The first-order valence-electron chi connectivity index (χ1n) is 6.29. The fourth-order valence-electron chi connectivity index (χ4n) is 2.06. The zero-order valence-corrected chi connectivity index (χ0v) is 11.0. The standard InChI is InChI=1S/C15H17FN2O/c1-3-18(13-7-4-6-12(16)10-13)15-14(11(2)19)8-5-9-17-15/h4-11,19H,3H2,1-2H3/t11-/m0/s1. The van der Waals surface area contributed by atoms with Gasteiger partial charge in [-0.3, -0.25) is 0 Å². The van der Waals surface area contributed by atoms with E-state index in [0.717, 1.165) is 11.3 Å². The van der Waals surface area contributed by atoms with E-state index in [1.54, 1.807) is 25.3 Å². The van der Waals surface area contributed by atoms with Gasteiger partial charge in [0.2, 0.25) is 0 Å². The van der Waals surface area contributed by atoms with Crippen LogP contribution in [-0.2, 0) is 0 Å². The van der Waals surface area contributed by atoms with E-state index < -0.39 is 6.10 Å². The highest BCUT2D eigenvalue weighted by molar-refractivity contribution is 5.63. The molecule has 0 aliphatic rings. The Hall–Kier alpha value is -1.94. The highest BCUT2D eigenvalue weighted by atomic mass is 19.1. The molecule has 0 unspecified atom stereocenters. The Labute approximate surface area is 112 Å². The lowest BCUT2D eigenvalue weighted by molar-refractivity contribution is 0.199. The molecular formula is C15H17FN2O. The molecule has 0 saturated heterocycles. The minimum atomic E-state index is -0.619. The van der Waals surface area contributed by atoms with Crippen molar-refractivity contribution >= 4 is 11.5 Å². The number of pyridine rings is 1. The van der Waals surface area contributed by atoms with Crippen molar-refractivity contribution in [2.45, 2.75) is 20.0 Å². The number of benzene rings is 1. The van der Waals surface area contributed by atoms with Gasteiger partial charge >= 0.3 is 0 Å². The van der Waals surface area contributed by atoms with Crippen LogP contribution in [-0.4, -0.2) is 16.6 Å². The molecule has 0 aliphatic carbocycles. The Morgan fingerprint density at radius 1 is 1.32 bits per heavy atom. The Kier molecular flexibility index (Phi) is 4.12. The molecule has 0 fully saturated rings. The lowest BCUT2D eigenvalue weighted by Crippen LogP contribution is -2.19. The van der Waals surface area contributed by atoms with Crippen LogP contribution >= 0.6 is 0 Å². The summed E-state index contributed by atoms with van der Waals surface area (Å²) >= 11 is 0. The molecule has 0 bridgehead atoms. The Morgan fingerprint density at radius 3 is 2.74 bits per heavy atom. The summed E-state index contributed by atoms with van der Waals surface area (Å²) in [5, 5.41) is 9.81. The summed E-state index contributed by atoms with van der Waals surface area (Å²) in [5.41, 5.74) is 1.46. The summed E-state index contributed by atoms with van der Waals surface area (Å²) in [5.74, 6) is 0.371. The minimum Gasteiger partial charge on any atom is -0.389 e. The zero-order valence-electron chi connectivity index (χ0n) is 11.0. The fourth-order valence-corrected chi connectivity index (χ4v) is 2.06. The molecule has 0 aliphatic heterocycles. The maximum Gasteiger partial charge on any atom is 0.138 e. The van der Waals surface area contributed by atoms with Crippen LogP contribution in [0.4, 0.5) is 15.9 Å². The summed E-state index contributed by atoms with van der Waals surface area (Å²) in [6.07, 6.45) is 1.05. The van der Waals surface area contributed by atoms with Crippen molar-refractivity contribution in [1.82, 2.24) is 4.98 Å². The molecule has 1 aromatic carbocycles. The Balaban J connectivity index is 2.48. The quantitative estimate of drug-likeness (QED) is 0.915. The van der Waals surface area contributed by atoms with Crippen molar-refractivity contribution in [2.75, 3.05) is 11.4 Å². The topological polar surface area (TPSA) is 36.4 Å². The van der Waals surface area contributed by atoms with Crippen LogP contribution in [0.1, 0.15) is 25.5 Å². The third-order valence-corrected chi connectivity index (χ3v) is 2.96. The van der Waals surface area contributed by atoms with E-state index in [1.165, 1.54) is 12.1 Å². The van der Waals surface area contributed by atoms with Crippen LogP contribution in [0.5, 0.6) is 0 Å². The van der Waals surface area contributed by atoms with Gasteiger partial charge in [-0.15, -0.1) is 0 Å². The molecule has 1 heterocycles. The molecule has 0 saturated carbocycles. The van der Waals surface area contributed by atoms with Crippen molar-refractivity contribution in [1.29, 1.82) is 0 Å². The van der Waals surface area contributed by atoms with E-state index >= 15 is 0 Å². The van der Waals surface area contributed by atoms with Crippen molar-refractivity contribution in [3.63, 3.8) is 0 Å². The van der Waals surface area contributed by atoms with Crippen molar-refractivity contribution in [3.8, 4) is 0 Å². The number of hydrogen-bond acceptors (Lipinski definition) is 3. The van der Waals surface area contributed by atoms with E-state index in [-0.39, 0.29) is 5.82 Å². The summed E-state index contributed by atoms with van der Waals surface area (Å²) in [7, 11) is 0. The number of nitrogens with zero attached hydrogens (tertiary/aromatic N) is 2. The van der Waals surface area contributed by atoms with Gasteiger partial charge in [0.15, 0.2) is 0 Å². The molecule has 4 heteroatoms. The molecule has 0 radical (unpaired) electrons. The number of anilines is 2. The maximum absolute atomic E-state index is 13.3. The lowest BCUT2D eigenvalue weighted by Gasteiger charge is -2.25. The van der Waals surface area contributed by atoms with Crippen LogP contribution in [0.3, 0.4) is 0 Å². The normalized spacial score (nSPS) is 12.2. The first-order valence-corrected chi connectivity index (χ1v) is 6.29. The molecule has 2 aromatic rings. The number of halogens is 1. The van der Waals surface area contributed by atoms with Crippen LogP contribution < -0.4 is 4.90 Å². The van der Waals surface area contributed by atoms with E-state index in [4.69, 9.17) is 0 Å². The molecule has 1 atom stereocenters. The highest BCUT2D eigenvalue weighted by Gasteiger charge is 2.16. The first-order chi connectivity index (χ1) is 9.13. The smallest absolute Gasteiger partial charge is 0.138 e. The Bertz CT molecular complexity index is 557. The number of rotatable bonds is 4. The minimum absolute atomic E-state index is 0.287. The molecule has 0 spiro atoms. The van der Waals surface area contributed by atoms with Crippen molar-refractivity contribution in [3.05, 3.63) is 54.0 Å². The average molecular weight is 260 g/mol. The van der Waals surface area contributed by atoms with Crippen LogP contribution in [0.25, 0.3) is 0 Å². The van der Waals surface area contributed by atoms with Gasteiger partial charge in [-0.2, -0.15) is 0 Å². The molecule has 0 amide bonds. The molecular weight excluding hydrogens is 243 g/mol. The largest absolute Gasteiger partial charge is 0.389 e. The van der Waals surface area contributed by atoms with Crippen molar-refractivity contribution < 1.29 is 9.50 Å². The molecule has 2 rings (SSSR count). The fraction of sp³-hybridized carbons (Fsp3) is 0.267. The van der Waals surface area contributed by atoms with Crippen molar-refractivity contribution in [2.24, 2.45) is 0 Å². The van der Waals surface area contributed by atoms with E-state index in [1.807, 2.05) is 24.0 Å². The third-order valence-electron chi connectivity index (χ3n) is 2.96. The highest BCUT2D eigenvalue weighted by Crippen LogP contribution is 2.29. The summed E-state index contributed by atoms with van der Waals surface area (Å²) in [4.78, 5) is 6.20. The van der Waals surface area contributed by atoms with Gasteiger partial charge in [0.05, 0.1) is 6.10 Å². The Morgan fingerprint density at radius 2 is 2.11 bits per heavy atom. The maximum atomic E-state index is 13.3. The molecule has 1 aromatic heterocycles. The third kappa shape index (κ3) is 2.90. The second-order valence-electron chi connectivity index (χ2n) is 4.32. The monoisotopic (exact) mass is 260 g/mol. The van der Waals surface area contributed by atoms with Crippen LogP contribution in [0.2, 0.25) is 0 Å². The molecule has 100 valence electrons. The SMILES string of the molecule is CCN(c1cccc(F)c1)c1ncccc1[C@H](C)O. The summed E-state index contributed by atoms with van der Waals surface area (Å²) < 4.78 is 13.3. The lowest BCUT2D eigenvalue weighted by atomic mass is 10.1. The second kappa shape index (κ2) is 5.80. The van der Waals surface area contributed by atoms with Gasteiger partial charge in [-0.25, -0.2) is 9.37 Å². The molecule has 19 heavy (non-hydrogen) atoms. The molecule has 3 nitrogen and oxygen atoms in total. The van der Waals surface area contributed by atoms with E-state index in [2.05, 4.69) is 4.98 Å². The second-order valence-corrected chi connectivity index (χ2v) is 4.32. The predicted octanol–water partition coefficient (Wildman–Crippen LogP) is 3.43. The number of hydrogen-bond donors (Lipinski definition) is 1. The van der Waals surface area contributed by atoms with Crippen LogP contribution in [0.15, 0.2) is 42.6 Å². The summed E-state index contributed by atoms with van der Waals surface area (Å²) in [6.45, 7) is 4.30.